The van der Waals surface area contributed by atoms with E-state index in [4.69, 9.17) is 23.2 Å². The Balaban J connectivity index is 1.88. The number of rotatable bonds is 4. The summed E-state index contributed by atoms with van der Waals surface area (Å²) in [6.07, 6.45) is 0. The number of halogens is 2. The van der Waals surface area contributed by atoms with Crippen LogP contribution in [-0.4, -0.2) is 5.78 Å². The average molecular weight is 370 g/mol. The molecule has 0 heterocycles. The molecule has 0 aliphatic carbocycles. The zero-order valence-corrected chi connectivity index (χ0v) is 15.4. The maximum atomic E-state index is 12.7. The monoisotopic (exact) mass is 369 g/mol. The molecule has 126 valence electrons. The van der Waals surface area contributed by atoms with Crippen LogP contribution in [0.25, 0.3) is 0 Å². The van der Waals surface area contributed by atoms with E-state index in [-0.39, 0.29) is 5.78 Å². The lowest BCUT2D eigenvalue weighted by Gasteiger charge is -2.12. The predicted octanol–water partition coefficient (Wildman–Crippen LogP) is 6.58. The summed E-state index contributed by atoms with van der Waals surface area (Å²) < 4.78 is 0. The molecule has 1 N–H and O–H groups in total. The number of ketones is 1. The molecule has 0 spiro atoms. The van der Waals surface area contributed by atoms with Crippen LogP contribution in [0.3, 0.4) is 0 Å². The van der Waals surface area contributed by atoms with Crippen molar-refractivity contribution in [3.05, 3.63) is 93.0 Å². The number of hydrogen-bond donors (Lipinski definition) is 1. The van der Waals surface area contributed by atoms with Gasteiger partial charge in [0.15, 0.2) is 5.78 Å². The number of carbonyl (C=O) groups excluding carboxylic acids is 1. The maximum Gasteiger partial charge on any atom is 0.194 e. The predicted molar refractivity (Wildman–Crippen MR) is 106 cm³/mol. The summed E-state index contributed by atoms with van der Waals surface area (Å²) in [6.45, 7) is 3.90. The lowest BCUT2D eigenvalue weighted by Crippen LogP contribution is -2.04. The molecule has 25 heavy (non-hydrogen) atoms. The van der Waals surface area contributed by atoms with Gasteiger partial charge >= 0.3 is 0 Å². The second-order valence-electron chi connectivity index (χ2n) is 5.92. The topological polar surface area (TPSA) is 29.1 Å². The molecule has 3 aromatic carbocycles. The van der Waals surface area contributed by atoms with Gasteiger partial charge in [0.25, 0.3) is 0 Å². The van der Waals surface area contributed by atoms with Gasteiger partial charge in [0, 0.05) is 27.5 Å². The van der Waals surface area contributed by atoms with Gasteiger partial charge in [-0.3, -0.25) is 4.79 Å². The van der Waals surface area contributed by atoms with E-state index in [0.717, 1.165) is 22.5 Å². The van der Waals surface area contributed by atoms with E-state index in [9.17, 15) is 4.79 Å². The molecule has 4 heteroatoms. The van der Waals surface area contributed by atoms with Crippen molar-refractivity contribution in [2.45, 2.75) is 13.8 Å². The lowest BCUT2D eigenvalue weighted by atomic mass is 9.99. The zero-order chi connectivity index (χ0) is 18.0. The van der Waals surface area contributed by atoms with Crippen LogP contribution in [0.2, 0.25) is 10.0 Å². The summed E-state index contributed by atoms with van der Waals surface area (Å²) in [7, 11) is 0. The smallest absolute Gasteiger partial charge is 0.194 e. The second kappa shape index (κ2) is 7.30. The number of benzene rings is 3. The van der Waals surface area contributed by atoms with Gasteiger partial charge in [-0.25, -0.2) is 0 Å². The molecule has 3 aromatic rings. The maximum absolute atomic E-state index is 12.7. The molecule has 3 rings (SSSR count). The normalized spacial score (nSPS) is 10.6. The lowest BCUT2D eigenvalue weighted by molar-refractivity contribution is 0.103. The van der Waals surface area contributed by atoms with Crippen molar-refractivity contribution >= 4 is 40.4 Å². The summed E-state index contributed by atoms with van der Waals surface area (Å²) in [5.41, 5.74) is 4.88. The third-order valence-corrected chi connectivity index (χ3v) is 4.62. The van der Waals surface area contributed by atoms with E-state index in [2.05, 4.69) is 5.32 Å². The van der Waals surface area contributed by atoms with Crippen molar-refractivity contribution in [1.82, 2.24) is 0 Å². The van der Waals surface area contributed by atoms with E-state index in [1.807, 2.05) is 62.4 Å². The Morgan fingerprint density at radius 2 is 1.60 bits per heavy atom. The molecule has 0 saturated carbocycles. The minimum absolute atomic E-state index is 0.0719. The highest BCUT2D eigenvalue weighted by Gasteiger charge is 2.15. The molecule has 0 aliphatic heterocycles. The van der Waals surface area contributed by atoms with Crippen LogP contribution in [0.4, 0.5) is 11.4 Å². The Morgan fingerprint density at radius 1 is 0.840 bits per heavy atom. The second-order valence-corrected chi connectivity index (χ2v) is 6.77. The SMILES string of the molecule is Cc1cc(Cl)ccc1Nc1ccc(C(=O)c2ccccc2C)c(Cl)c1. The Bertz CT molecular complexity index is 950. The van der Waals surface area contributed by atoms with E-state index in [1.165, 1.54) is 0 Å². The highest BCUT2D eigenvalue weighted by atomic mass is 35.5. The van der Waals surface area contributed by atoms with Crippen molar-refractivity contribution in [2.24, 2.45) is 0 Å². The summed E-state index contributed by atoms with van der Waals surface area (Å²) in [5.74, 6) is -0.0719. The highest BCUT2D eigenvalue weighted by molar-refractivity contribution is 6.35. The van der Waals surface area contributed by atoms with Crippen molar-refractivity contribution in [3.8, 4) is 0 Å². The Labute approximate surface area is 157 Å². The fourth-order valence-electron chi connectivity index (χ4n) is 2.67. The van der Waals surface area contributed by atoms with Crippen molar-refractivity contribution in [2.75, 3.05) is 5.32 Å². The van der Waals surface area contributed by atoms with Gasteiger partial charge in [0.1, 0.15) is 0 Å². The Morgan fingerprint density at radius 3 is 2.28 bits per heavy atom. The number of nitrogens with one attached hydrogen (secondary N) is 1. The summed E-state index contributed by atoms with van der Waals surface area (Å²) in [5, 5.41) is 4.42. The van der Waals surface area contributed by atoms with Crippen LogP contribution in [0.1, 0.15) is 27.0 Å². The molecule has 0 fully saturated rings. The molecule has 0 bridgehead atoms. The molecule has 0 amide bonds. The van der Waals surface area contributed by atoms with E-state index in [0.29, 0.717) is 21.2 Å². The van der Waals surface area contributed by atoms with Gasteiger partial charge < -0.3 is 5.32 Å². The number of carbonyl (C=O) groups is 1. The minimum atomic E-state index is -0.0719. The first-order valence-electron chi connectivity index (χ1n) is 7.89. The number of hydrogen-bond acceptors (Lipinski definition) is 2. The van der Waals surface area contributed by atoms with Crippen molar-refractivity contribution in [1.29, 1.82) is 0 Å². The number of anilines is 2. The molecular weight excluding hydrogens is 353 g/mol. The van der Waals surface area contributed by atoms with Crippen LogP contribution in [-0.2, 0) is 0 Å². The van der Waals surface area contributed by atoms with Gasteiger partial charge in [-0.05, 0) is 61.4 Å². The van der Waals surface area contributed by atoms with Crippen molar-refractivity contribution < 1.29 is 4.79 Å². The fourth-order valence-corrected chi connectivity index (χ4v) is 3.17. The summed E-state index contributed by atoms with van der Waals surface area (Å²) in [4.78, 5) is 12.7. The highest BCUT2D eigenvalue weighted by Crippen LogP contribution is 2.28. The molecule has 0 atom stereocenters. The first-order valence-corrected chi connectivity index (χ1v) is 8.64. The third kappa shape index (κ3) is 3.87. The number of aryl methyl sites for hydroxylation is 2. The molecular formula is C21H17Cl2NO. The molecule has 0 unspecified atom stereocenters. The fraction of sp³-hybridized carbons (Fsp3) is 0.0952. The first kappa shape index (κ1) is 17.5. The Kier molecular flexibility index (Phi) is 5.12. The molecule has 0 aromatic heterocycles. The first-order chi connectivity index (χ1) is 12.0. The zero-order valence-electron chi connectivity index (χ0n) is 13.9. The van der Waals surface area contributed by atoms with Crippen LogP contribution in [0, 0.1) is 13.8 Å². The molecule has 0 aliphatic rings. The van der Waals surface area contributed by atoms with Gasteiger partial charge in [-0.15, -0.1) is 0 Å². The van der Waals surface area contributed by atoms with E-state index < -0.39 is 0 Å². The summed E-state index contributed by atoms with van der Waals surface area (Å²) in [6, 6.07) is 18.5. The van der Waals surface area contributed by atoms with Gasteiger partial charge in [-0.1, -0.05) is 47.5 Å². The van der Waals surface area contributed by atoms with Crippen molar-refractivity contribution in [3.63, 3.8) is 0 Å². The van der Waals surface area contributed by atoms with Crippen LogP contribution in [0.15, 0.2) is 60.7 Å². The van der Waals surface area contributed by atoms with Crippen LogP contribution >= 0.6 is 23.2 Å². The largest absolute Gasteiger partial charge is 0.355 e. The minimum Gasteiger partial charge on any atom is -0.355 e. The van der Waals surface area contributed by atoms with Gasteiger partial charge in [0.2, 0.25) is 0 Å². The third-order valence-electron chi connectivity index (χ3n) is 4.07. The van der Waals surface area contributed by atoms with Crippen LogP contribution in [0.5, 0.6) is 0 Å². The molecule has 0 radical (unpaired) electrons. The van der Waals surface area contributed by atoms with Crippen LogP contribution < -0.4 is 5.32 Å². The Hall–Kier alpha value is -2.29. The summed E-state index contributed by atoms with van der Waals surface area (Å²) >= 11 is 12.4. The van der Waals surface area contributed by atoms with Gasteiger partial charge in [-0.2, -0.15) is 0 Å². The quantitative estimate of drug-likeness (QED) is 0.525. The molecule has 0 saturated heterocycles. The average Bonchev–Trinajstić information content (AvgIpc) is 2.57. The van der Waals surface area contributed by atoms with E-state index in [1.54, 1.807) is 12.1 Å². The standard InChI is InChI=1S/C21H17Cl2NO/c1-13-5-3-4-6-17(13)21(25)18-9-8-16(12-19(18)23)24-20-10-7-15(22)11-14(20)2/h3-12,24H,1-2H3. The van der Waals surface area contributed by atoms with Gasteiger partial charge in [0.05, 0.1) is 5.02 Å². The van der Waals surface area contributed by atoms with E-state index >= 15 is 0 Å². The molecule has 2 nitrogen and oxygen atoms in total.